The zero-order valence-electron chi connectivity index (χ0n) is 9.86. The predicted molar refractivity (Wildman–Crippen MR) is 63.8 cm³/mol. The van der Waals surface area contributed by atoms with Crippen molar-refractivity contribution in [2.45, 2.75) is 20.4 Å². The van der Waals surface area contributed by atoms with E-state index in [1.165, 1.54) is 0 Å². The van der Waals surface area contributed by atoms with Crippen molar-refractivity contribution in [2.75, 3.05) is 13.1 Å². The van der Waals surface area contributed by atoms with Crippen LogP contribution >= 0.6 is 0 Å². The molecule has 0 saturated heterocycles. The fraction of sp³-hybridized carbons (Fsp3) is 0.500. The Bertz CT molecular complexity index is 311. The second-order valence-electron chi connectivity index (χ2n) is 4.16. The number of hydrogen-bond acceptors (Lipinski definition) is 3. The van der Waals surface area contributed by atoms with Crippen LogP contribution in [0.3, 0.4) is 0 Å². The molecule has 0 aliphatic heterocycles. The van der Waals surface area contributed by atoms with Crippen LogP contribution in [0, 0.1) is 5.92 Å². The molecule has 0 spiro atoms. The first kappa shape index (κ1) is 12.6. The van der Waals surface area contributed by atoms with E-state index in [0.717, 1.165) is 12.1 Å². The van der Waals surface area contributed by atoms with Crippen LogP contribution in [-0.4, -0.2) is 24.0 Å². The normalized spacial score (nSPS) is 10.4. The molecule has 88 valence electrons. The van der Waals surface area contributed by atoms with E-state index in [4.69, 9.17) is 0 Å². The van der Waals surface area contributed by atoms with Crippen LogP contribution in [0.1, 0.15) is 19.4 Å². The molecule has 16 heavy (non-hydrogen) atoms. The lowest BCUT2D eigenvalue weighted by Gasteiger charge is -2.08. The number of carbonyl (C=O) groups excluding carboxylic acids is 1. The first-order valence-corrected chi connectivity index (χ1v) is 5.55. The summed E-state index contributed by atoms with van der Waals surface area (Å²) < 4.78 is 0. The van der Waals surface area contributed by atoms with Gasteiger partial charge in [0.2, 0.25) is 5.91 Å². The zero-order chi connectivity index (χ0) is 11.8. The molecule has 2 N–H and O–H groups in total. The van der Waals surface area contributed by atoms with Gasteiger partial charge < -0.3 is 10.6 Å². The van der Waals surface area contributed by atoms with Crippen molar-refractivity contribution in [2.24, 2.45) is 5.92 Å². The maximum Gasteiger partial charge on any atom is 0.234 e. The number of nitrogens with one attached hydrogen (secondary N) is 2. The number of hydrogen-bond donors (Lipinski definition) is 2. The Labute approximate surface area is 96.5 Å². The molecule has 1 rings (SSSR count). The molecule has 0 radical (unpaired) electrons. The first-order chi connectivity index (χ1) is 7.68. The van der Waals surface area contributed by atoms with Crippen molar-refractivity contribution >= 4 is 5.91 Å². The number of carbonyl (C=O) groups is 1. The summed E-state index contributed by atoms with van der Waals surface area (Å²) in [5, 5.41) is 5.92. The summed E-state index contributed by atoms with van der Waals surface area (Å²) in [6.45, 7) is 6.00. The molecule has 0 aliphatic rings. The molecule has 0 fully saturated rings. The van der Waals surface area contributed by atoms with Gasteiger partial charge in [-0.15, -0.1) is 0 Å². The highest BCUT2D eigenvalue weighted by molar-refractivity contribution is 5.77. The van der Waals surface area contributed by atoms with E-state index >= 15 is 0 Å². The Balaban J connectivity index is 2.16. The summed E-state index contributed by atoms with van der Waals surface area (Å²) in [5.74, 6) is 0.579. The van der Waals surface area contributed by atoms with E-state index in [9.17, 15) is 4.79 Å². The highest BCUT2D eigenvalue weighted by atomic mass is 16.1. The molecule has 0 aliphatic carbocycles. The summed E-state index contributed by atoms with van der Waals surface area (Å²) in [5.41, 5.74) is 1.01. The summed E-state index contributed by atoms with van der Waals surface area (Å²) in [6.07, 6.45) is 3.47. The van der Waals surface area contributed by atoms with Gasteiger partial charge in [0, 0.05) is 18.9 Å². The molecule has 4 nitrogen and oxygen atoms in total. The van der Waals surface area contributed by atoms with E-state index in [2.05, 4.69) is 29.5 Å². The Morgan fingerprint density at radius 3 is 2.94 bits per heavy atom. The van der Waals surface area contributed by atoms with Gasteiger partial charge in [0.05, 0.1) is 6.54 Å². The molecule has 0 unspecified atom stereocenters. The molecule has 0 atom stereocenters. The average Bonchev–Trinajstić information content (AvgIpc) is 2.27. The topological polar surface area (TPSA) is 54.0 Å². The standard InChI is InChI=1S/C12H19N3O/c1-10(2)6-14-9-12(16)15-8-11-4-3-5-13-7-11/h3-5,7,10,14H,6,8-9H2,1-2H3,(H,15,16). The SMILES string of the molecule is CC(C)CNCC(=O)NCc1cccnc1. The second-order valence-corrected chi connectivity index (χ2v) is 4.16. The molecular weight excluding hydrogens is 202 g/mol. The smallest absolute Gasteiger partial charge is 0.234 e. The van der Waals surface area contributed by atoms with Gasteiger partial charge in [-0.3, -0.25) is 9.78 Å². The summed E-state index contributed by atoms with van der Waals surface area (Å²) in [6, 6.07) is 3.80. The van der Waals surface area contributed by atoms with E-state index in [1.54, 1.807) is 12.4 Å². The maximum atomic E-state index is 11.4. The van der Waals surface area contributed by atoms with Crippen LogP contribution in [0.5, 0.6) is 0 Å². The van der Waals surface area contributed by atoms with Crippen LogP contribution in [-0.2, 0) is 11.3 Å². The van der Waals surface area contributed by atoms with Gasteiger partial charge in [0.1, 0.15) is 0 Å². The van der Waals surface area contributed by atoms with E-state index in [-0.39, 0.29) is 5.91 Å². The number of nitrogens with zero attached hydrogens (tertiary/aromatic N) is 1. The molecule has 0 saturated carbocycles. The van der Waals surface area contributed by atoms with Crippen molar-refractivity contribution in [1.82, 2.24) is 15.6 Å². The molecule has 1 amide bonds. The molecule has 0 aromatic carbocycles. The lowest BCUT2D eigenvalue weighted by atomic mass is 10.2. The molecule has 1 aromatic heterocycles. The lowest BCUT2D eigenvalue weighted by molar-refractivity contribution is -0.120. The second kappa shape index (κ2) is 6.95. The van der Waals surface area contributed by atoms with Crippen molar-refractivity contribution in [3.8, 4) is 0 Å². The summed E-state index contributed by atoms with van der Waals surface area (Å²) in [7, 11) is 0. The predicted octanol–water partition coefficient (Wildman–Crippen LogP) is 0.943. The fourth-order valence-corrected chi connectivity index (χ4v) is 1.24. The molecule has 1 aromatic rings. The maximum absolute atomic E-state index is 11.4. The third-order valence-electron chi connectivity index (χ3n) is 2.05. The van der Waals surface area contributed by atoms with E-state index in [0.29, 0.717) is 19.0 Å². The van der Waals surface area contributed by atoms with Gasteiger partial charge in [-0.25, -0.2) is 0 Å². The van der Waals surface area contributed by atoms with Gasteiger partial charge >= 0.3 is 0 Å². The quantitative estimate of drug-likeness (QED) is 0.752. The van der Waals surface area contributed by atoms with Gasteiger partial charge in [0.25, 0.3) is 0 Å². The number of pyridine rings is 1. The molecule has 0 bridgehead atoms. The van der Waals surface area contributed by atoms with Crippen molar-refractivity contribution in [3.63, 3.8) is 0 Å². The minimum atomic E-state index is 0.0181. The third kappa shape index (κ3) is 5.46. The van der Waals surface area contributed by atoms with E-state index in [1.807, 2.05) is 12.1 Å². The Hall–Kier alpha value is -1.42. The van der Waals surface area contributed by atoms with Crippen molar-refractivity contribution < 1.29 is 4.79 Å². The van der Waals surface area contributed by atoms with Gasteiger partial charge in [-0.1, -0.05) is 19.9 Å². The van der Waals surface area contributed by atoms with Crippen LogP contribution in [0.25, 0.3) is 0 Å². The minimum absolute atomic E-state index is 0.0181. The monoisotopic (exact) mass is 221 g/mol. The lowest BCUT2D eigenvalue weighted by Crippen LogP contribution is -2.34. The number of amides is 1. The van der Waals surface area contributed by atoms with Crippen LogP contribution in [0.2, 0.25) is 0 Å². The Kier molecular flexibility index (Phi) is 5.50. The number of rotatable bonds is 6. The Morgan fingerprint density at radius 2 is 2.31 bits per heavy atom. The van der Waals surface area contributed by atoms with Crippen LogP contribution in [0.4, 0.5) is 0 Å². The van der Waals surface area contributed by atoms with Crippen LogP contribution < -0.4 is 10.6 Å². The first-order valence-electron chi connectivity index (χ1n) is 5.55. The zero-order valence-corrected chi connectivity index (χ0v) is 9.86. The average molecular weight is 221 g/mol. The summed E-state index contributed by atoms with van der Waals surface area (Å²) in [4.78, 5) is 15.4. The third-order valence-corrected chi connectivity index (χ3v) is 2.05. The fourth-order valence-electron chi connectivity index (χ4n) is 1.24. The molecule has 4 heteroatoms. The highest BCUT2D eigenvalue weighted by Crippen LogP contribution is 1.93. The van der Waals surface area contributed by atoms with Crippen molar-refractivity contribution in [3.05, 3.63) is 30.1 Å². The van der Waals surface area contributed by atoms with Crippen molar-refractivity contribution in [1.29, 1.82) is 0 Å². The largest absolute Gasteiger partial charge is 0.351 e. The minimum Gasteiger partial charge on any atom is -0.351 e. The summed E-state index contributed by atoms with van der Waals surface area (Å²) >= 11 is 0. The highest BCUT2D eigenvalue weighted by Gasteiger charge is 2.01. The van der Waals surface area contributed by atoms with Gasteiger partial charge in [-0.05, 0) is 24.1 Å². The number of aromatic nitrogens is 1. The van der Waals surface area contributed by atoms with Crippen LogP contribution in [0.15, 0.2) is 24.5 Å². The van der Waals surface area contributed by atoms with Gasteiger partial charge in [0.15, 0.2) is 0 Å². The Morgan fingerprint density at radius 1 is 1.50 bits per heavy atom. The van der Waals surface area contributed by atoms with Gasteiger partial charge in [-0.2, -0.15) is 0 Å². The molecular formula is C12H19N3O. The molecule has 1 heterocycles. The van der Waals surface area contributed by atoms with E-state index < -0.39 is 0 Å².